The topological polar surface area (TPSA) is 75.9 Å². The average molecular weight is 342 g/mol. The molecule has 3 heterocycles. The Balaban J connectivity index is 1.55. The Morgan fingerprint density at radius 1 is 1.28 bits per heavy atom. The highest BCUT2D eigenvalue weighted by molar-refractivity contribution is 5.79. The molecule has 1 fully saturated rings. The Bertz CT molecular complexity index is 678. The molecule has 0 spiro atoms. The second-order valence-electron chi connectivity index (χ2n) is 6.42. The average Bonchev–Trinajstić information content (AvgIpc) is 3.16. The van der Waals surface area contributed by atoms with Gasteiger partial charge in [0.2, 0.25) is 5.91 Å². The fraction of sp³-hybridized carbons (Fsp3) is 0.556. The molecule has 1 N–H and O–H groups in total. The molecule has 0 bridgehead atoms. The van der Waals surface area contributed by atoms with Crippen LogP contribution in [0, 0.1) is 5.92 Å². The van der Waals surface area contributed by atoms with Crippen molar-refractivity contribution in [1.29, 1.82) is 0 Å². The van der Waals surface area contributed by atoms with Crippen LogP contribution in [0.2, 0.25) is 0 Å². The number of aryl methyl sites for hydroxylation is 1. The molecular formula is C18H26N6O. The second-order valence-corrected chi connectivity index (χ2v) is 6.42. The number of piperidine rings is 1. The maximum atomic E-state index is 12.7. The van der Waals surface area contributed by atoms with Crippen LogP contribution in [0.4, 0.5) is 5.82 Å². The molecule has 0 radical (unpaired) electrons. The van der Waals surface area contributed by atoms with Crippen molar-refractivity contribution in [1.82, 2.24) is 25.1 Å². The van der Waals surface area contributed by atoms with E-state index in [9.17, 15) is 4.79 Å². The van der Waals surface area contributed by atoms with Crippen LogP contribution >= 0.6 is 0 Å². The summed E-state index contributed by atoms with van der Waals surface area (Å²) in [6.07, 6.45) is 11.6. The first-order valence-electron chi connectivity index (χ1n) is 9.05. The quantitative estimate of drug-likeness (QED) is 0.871. The van der Waals surface area contributed by atoms with Crippen LogP contribution in [0.15, 0.2) is 31.0 Å². The zero-order valence-electron chi connectivity index (χ0n) is 14.9. The number of hydrogen-bond donors (Lipinski definition) is 1. The number of aromatic nitrogens is 4. The summed E-state index contributed by atoms with van der Waals surface area (Å²) in [6.45, 7) is 6.65. The van der Waals surface area contributed by atoms with Gasteiger partial charge in [0.15, 0.2) is 0 Å². The molecule has 2 aromatic rings. The first-order valence-corrected chi connectivity index (χ1v) is 9.05. The number of nitrogens with one attached hydrogen (secondary N) is 1. The van der Waals surface area contributed by atoms with E-state index in [0.29, 0.717) is 0 Å². The van der Waals surface area contributed by atoms with Gasteiger partial charge in [-0.05, 0) is 26.2 Å². The van der Waals surface area contributed by atoms with Gasteiger partial charge in [-0.15, -0.1) is 0 Å². The van der Waals surface area contributed by atoms with Crippen LogP contribution < -0.4 is 10.2 Å². The number of nitrogens with zero attached hydrogens (tertiary/aromatic N) is 5. The summed E-state index contributed by atoms with van der Waals surface area (Å²) in [4.78, 5) is 23.3. The van der Waals surface area contributed by atoms with Crippen molar-refractivity contribution in [3.63, 3.8) is 0 Å². The molecule has 1 unspecified atom stereocenters. The van der Waals surface area contributed by atoms with Gasteiger partial charge in [-0.25, -0.2) is 4.98 Å². The van der Waals surface area contributed by atoms with Gasteiger partial charge in [0.25, 0.3) is 0 Å². The van der Waals surface area contributed by atoms with Crippen molar-refractivity contribution in [2.75, 3.05) is 18.0 Å². The minimum atomic E-state index is 0.0332. The van der Waals surface area contributed by atoms with Crippen molar-refractivity contribution >= 4 is 11.7 Å². The lowest BCUT2D eigenvalue weighted by Gasteiger charge is -2.32. The molecule has 3 rings (SSSR count). The van der Waals surface area contributed by atoms with E-state index in [4.69, 9.17) is 0 Å². The molecule has 0 aromatic carbocycles. The third-order valence-electron chi connectivity index (χ3n) is 4.84. The minimum Gasteiger partial charge on any atom is -0.355 e. The molecule has 7 nitrogen and oxygen atoms in total. The standard InChI is InChI=1S/C18H26N6O/c1-3-16(15-11-21-24(4-2)13-15)22-18(25)14-5-9-23(10-6-14)17-12-19-7-8-20-17/h7-8,11-14,16H,3-6,9-10H2,1-2H3,(H,22,25). The van der Waals surface area contributed by atoms with Crippen molar-refractivity contribution < 1.29 is 4.79 Å². The predicted octanol–water partition coefficient (Wildman–Crippen LogP) is 2.18. The summed E-state index contributed by atoms with van der Waals surface area (Å²) >= 11 is 0. The number of rotatable bonds is 6. The Morgan fingerprint density at radius 3 is 2.68 bits per heavy atom. The molecule has 1 saturated heterocycles. The Kier molecular flexibility index (Phi) is 5.63. The van der Waals surface area contributed by atoms with Crippen LogP contribution in [-0.4, -0.2) is 38.7 Å². The highest BCUT2D eigenvalue weighted by Gasteiger charge is 2.27. The molecule has 2 aromatic heterocycles. The normalized spacial score (nSPS) is 16.6. The lowest BCUT2D eigenvalue weighted by Crippen LogP contribution is -2.41. The fourth-order valence-electron chi connectivity index (χ4n) is 3.27. The van der Waals surface area contributed by atoms with Crippen molar-refractivity contribution in [2.45, 2.75) is 45.7 Å². The maximum Gasteiger partial charge on any atom is 0.223 e. The highest BCUT2D eigenvalue weighted by atomic mass is 16.1. The summed E-state index contributed by atoms with van der Waals surface area (Å²) < 4.78 is 1.89. The minimum absolute atomic E-state index is 0.0332. The van der Waals surface area contributed by atoms with E-state index in [1.54, 1.807) is 18.6 Å². The number of carbonyl (C=O) groups excluding carboxylic acids is 1. The van der Waals surface area contributed by atoms with E-state index in [-0.39, 0.29) is 17.9 Å². The molecule has 1 aliphatic rings. The van der Waals surface area contributed by atoms with Crippen molar-refractivity contribution in [2.24, 2.45) is 5.92 Å². The van der Waals surface area contributed by atoms with Crippen molar-refractivity contribution in [3.05, 3.63) is 36.5 Å². The van der Waals surface area contributed by atoms with E-state index < -0.39 is 0 Å². The summed E-state index contributed by atoms with van der Waals surface area (Å²) in [5.41, 5.74) is 1.08. The molecule has 7 heteroatoms. The van der Waals surface area contributed by atoms with Gasteiger partial charge < -0.3 is 10.2 Å². The summed E-state index contributed by atoms with van der Waals surface area (Å²) in [7, 11) is 0. The SMILES string of the molecule is CCC(NC(=O)C1CCN(c2cnccn2)CC1)c1cnn(CC)c1. The zero-order valence-corrected chi connectivity index (χ0v) is 14.9. The van der Waals surface area contributed by atoms with Crippen LogP contribution in [-0.2, 0) is 11.3 Å². The van der Waals surface area contributed by atoms with Gasteiger partial charge in [0, 0.05) is 49.7 Å². The van der Waals surface area contributed by atoms with Gasteiger partial charge in [-0.1, -0.05) is 6.92 Å². The second kappa shape index (κ2) is 8.09. The molecule has 1 atom stereocenters. The summed E-state index contributed by atoms with van der Waals surface area (Å²) in [5, 5.41) is 7.52. The number of hydrogen-bond acceptors (Lipinski definition) is 5. The fourth-order valence-corrected chi connectivity index (χ4v) is 3.27. The van der Waals surface area contributed by atoms with Gasteiger partial charge in [0.1, 0.15) is 5.82 Å². The molecule has 1 amide bonds. The number of amides is 1. The highest BCUT2D eigenvalue weighted by Crippen LogP contribution is 2.23. The van der Waals surface area contributed by atoms with E-state index in [1.165, 1.54) is 0 Å². The Morgan fingerprint density at radius 2 is 2.08 bits per heavy atom. The van der Waals surface area contributed by atoms with Crippen molar-refractivity contribution in [3.8, 4) is 0 Å². The monoisotopic (exact) mass is 342 g/mol. The number of carbonyl (C=O) groups is 1. The maximum absolute atomic E-state index is 12.7. The first-order chi connectivity index (χ1) is 12.2. The van der Waals surface area contributed by atoms with E-state index in [2.05, 4.69) is 39.1 Å². The molecule has 1 aliphatic heterocycles. The lowest BCUT2D eigenvalue weighted by atomic mass is 9.95. The lowest BCUT2D eigenvalue weighted by molar-refractivity contribution is -0.126. The smallest absolute Gasteiger partial charge is 0.223 e. The molecule has 25 heavy (non-hydrogen) atoms. The van der Waals surface area contributed by atoms with Gasteiger partial charge in [-0.2, -0.15) is 5.10 Å². The predicted molar refractivity (Wildman–Crippen MR) is 96.0 cm³/mol. The molecule has 134 valence electrons. The molecular weight excluding hydrogens is 316 g/mol. The largest absolute Gasteiger partial charge is 0.355 e. The number of anilines is 1. The van der Waals surface area contributed by atoms with Gasteiger partial charge >= 0.3 is 0 Å². The molecule has 0 saturated carbocycles. The summed E-state index contributed by atoms with van der Waals surface area (Å²) in [6, 6.07) is 0.0332. The van der Waals surface area contributed by atoms with E-state index >= 15 is 0 Å². The first kappa shape index (κ1) is 17.4. The van der Waals surface area contributed by atoms with E-state index in [0.717, 1.165) is 50.3 Å². The van der Waals surface area contributed by atoms with Crippen LogP contribution in [0.3, 0.4) is 0 Å². The van der Waals surface area contributed by atoms with Crippen LogP contribution in [0.5, 0.6) is 0 Å². The Labute approximate surface area is 148 Å². The Hall–Kier alpha value is -2.44. The van der Waals surface area contributed by atoms with E-state index in [1.807, 2.05) is 17.1 Å². The van der Waals surface area contributed by atoms with Gasteiger partial charge in [-0.3, -0.25) is 14.5 Å². The van der Waals surface area contributed by atoms with Gasteiger partial charge in [0.05, 0.1) is 18.4 Å². The van der Waals surface area contributed by atoms with Crippen LogP contribution in [0.25, 0.3) is 0 Å². The van der Waals surface area contributed by atoms with Crippen LogP contribution in [0.1, 0.15) is 44.7 Å². The third-order valence-corrected chi connectivity index (χ3v) is 4.84. The zero-order chi connectivity index (χ0) is 17.6. The molecule has 0 aliphatic carbocycles. The summed E-state index contributed by atoms with van der Waals surface area (Å²) in [5.74, 6) is 1.10. The third kappa shape index (κ3) is 4.15.